The molecule has 2 aromatic heterocycles. The van der Waals surface area contributed by atoms with Crippen molar-refractivity contribution in [2.45, 2.75) is 32.7 Å². The molecule has 124 valence electrons. The molecular formula is C18H22N6. The molecule has 1 aliphatic rings. The summed E-state index contributed by atoms with van der Waals surface area (Å²) in [6, 6.07) is 10.8. The van der Waals surface area contributed by atoms with Crippen molar-refractivity contribution >= 4 is 17.0 Å². The first kappa shape index (κ1) is 15.1. The lowest BCUT2D eigenvalue weighted by atomic mass is 9.90. The molecule has 0 radical (unpaired) electrons. The maximum atomic E-state index is 4.49. The van der Waals surface area contributed by atoms with Gasteiger partial charge in [-0.15, -0.1) is 5.10 Å². The van der Waals surface area contributed by atoms with E-state index in [0.717, 1.165) is 42.5 Å². The van der Waals surface area contributed by atoms with E-state index < -0.39 is 0 Å². The fourth-order valence-electron chi connectivity index (χ4n) is 3.52. The Bertz CT molecular complexity index is 805. The monoisotopic (exact) mass is 322 g/mol. The average molecular weight is 322 g/mol. The lowest BCUT2D eigenvalue weighted by Gasteiger charge is -2.32. The third-order valence-electron chi connectivity index (χ3n) is 4.86. The Morgan fingerprint density at radius 1 is 1.08 bits per heavy atom. The molecule has 1 saturated heterocycles. The number of anilines is 1. The number of hydrogen-bond acceptors (Lipinski definition) is 5. The Morgan fingerprint density at radius 3 is 2.62 bits per heavy atom. The van der Waals surface area contributed by atoms with Crippen LogP contribution < -0.4 is 4.90 Å². The fraction of sp³-hybridized carbons (Fsp3) is 0.444. The first-order valence-corrected chi connectivity index (χ1v) is 8.68. The number of piperidine rings is 1. The Labute approximate surface area is 141 Å². The van der Waals surface area contributed by atoms with Gasteiger partial charge in [-0.1, -0.05) is 35.5 Å². The molecule has 0 amide bonds. The Balaban J connectivity index is 1.47. The molecule has 0 spiro atoms. The Morgan fingerprint density at radius 2 is 1.88 bits per heavy atom. The predicted molar refractivity (Wildman–Crippen MR) is 93.9 cm³/mol. The summed E-state index contributed by atoms with van der Waals surface area (Å²) in [5.41, 5.74) is 3.08. The lowest BCUT2D eigenvalue weighted by molar-refractivity contribution is 0.402. The van der Waals surface area contributed by atoms with Gasteiger partial charge in [-0.3, -0.25) is 0 Å². The summed E-state index contributed by atoms with van der Waals surface area (Å²) in [5.74, 6) is 1.67. The molecule has 0 aliphatic carbocycles. The van der Waals surface area contributed by atoms with Gasteiger partial charge in [0.2, 0.25) is 0 Å². The highest BCUT2D eigenvalue weighted by Gasteiger charge is 2.23. The maximum absolute atomic E-state index is 4.49. The molecule has 6 heteroatoms. The highest BCUT2D eigenvalue weighted by atomic mass is 15.4. The Kier molecular flexibility index (Phi) is 4.11. The third kappa shape index (κ3) is 2.84. The van der Waals surface area contributed by atoms with Crippen molar-refractivity contribution in [1.29, 1.82) is 0 Å². The maximum Gasteiger partial charge on any atom is 0.183 e. The zero-order chi connectivity index (χ0) is 16.4. The second-order valence-electron chi connectivity index (χ2n) is 6.39. The van der Waals surface area contributed by atoms with Crippen LogP contribution in [0.4, 0.5) is 5.82 Å². The highest BCUT2D eigenvalue weighted by molar-refractivity contribution is 5.82. The summed E-state index contributed by atoms with van der Waals surface area (Å²) in [5, 5.41) is 8.48. The summed E-state index contributed by atoms with van der Waals surface area (Å²) in [6.07, 6.45) is 5.16. The van der Waals surface area contributed by atoms with Crippen molar-refractivity contribution in [3.63, 3.8) is 0 Å². The van der Waals surface area contributed by atoms with E-state index in [9.17, 15) is 0 Å². The van der Waals surface area contributed by atoms with E-state index in [1.807, 2.05) is 11.6 Å². The van der Waals surface area contributed by atoms with Crippen LogP contribution in [0.15, 0.2) is 36.7 Å². The van der Waals surface area contributed by atoms with Crippen molar-refractivity contribution in [1.82, 2.24) is 25.0 Å². The van der Waals surface area contributed by atoms with Crippen molar-refractivity contribution in [3.05, 3.63) is 42.2 Å². The zero-order valence-electron chi connectivity index (χ0n) is 14.0. The smallest absolute Gasteiger partial charge is 0.183 e. The molecule has 3 aromatic rings. The normalized spacial score (nSPS) is 16.0. The van der Waals surface area contributed by atoms with Crippen LogP contribution in [-0.2, 0) is 13.0 Å². The van der Waals surface area contributed by atoms with Gasteiger partial charge in [0.05, 0.1) is 0 Å². The van der Waals surface area contributed by atoms with Gasteiger partial charge in [0, 0.05) is 19.6 Å². The van der Waals surface area contributed by atoms with E-state index in [0.29, 0.717) is 0 Å². The van der Waals surface area contributed by atoms with Crippen LogP contribution in [0, 0.1) is 5.92 Å². The molecule has 1 aromatic carbocycles. The topological polar surface area (TPSA) is 59.7 Å². The average Bonchev–Trinajstić information content (AvgIpc) is 3.06. The van der Waals surface area contributed by atoms with Crippen LogP contribution >= 0.6 is 0 Å². The number of rotatable bonds is 4. The van der Waals surface area contributed by atoms with Gasteiger partial charge in [-0.25, -0.2) is 14.6 Å². The van der Waals surface area contributed by atoms with Crippen LogP contribution in [0.5, 0.6) is 0 Å². The first-order chi connectivity index (χ1) is 11.8. The van der Waals surface area contributed by atoms with E-state index in [2.05, 4.69) is 55.5 Å². The zero-order valence-corrected chi connectivity index (χ0v) is 14.0. The van der Waals surface area contributed by atoms with E-state index in [4.69, 9.17) is 0 Å². The van der Waals surface area contributed by atoms with Crippen LogP contribution in [0.25, 0.3) is 11.2 Å². The minimum Gasteiger partial charge on any atom is -0.355 e. The molecule has 1 fully saturated rings. The molecule has 1 aliphatic heterocycles. The molecule has 0 saturated carbocycles. The van der Waals surface area contributed by atoms with E-state index >= 15 is 0 Å². The molecule has 6 nitrogen and oxygen atoms in total. The molecule has 4 rings (SSSR count). The number of benzene rings is 1. The minimum absolute atomic E-state index is 0.743. The summed E-state index contributed by atoms with van der Waals surface area (Å²) < 4.78 is 1.82. The molecule has 0 bridgehead atoms. The first-order valence-electron chi connectivity index (χ1n) is 8.68. The molecule has 0 N–H and O–H groups in total. The molecule has 0 unspecified atom stereocenters. The van der Waals surface area contributed by atoms with Crippen LogP contribution in [0.3, 0.4) is 0 Å². The summed E-state index contributed by atoms with van der Waals surface area (Å²) in [7, 11) is 0. The van der Waals surface area contributed by atoms with E-state index in [-0.39, 0.29) is 0 Å². The van der Waals surface area contributed by atoms with Gasteiger partial charge in [0.25, 0.3) is 0 Å². The van der Waals surface area contributed by atoms with E-state index in [1.165, 1.54) is 24.8 Å². The van der Waals surface area contributed by atoms with Crippen molar-refractivity contribution in [3.8, 4) is 0 Å². The predicted octanol–water partition coefficient (Wildman–Crippen LogP) is 2.70. The summed E-state index contributed by atoms with van der Waals surface area (Å²) in [4.78, 5) is 11.2. The number of nitrogens with zero attached hydrogens (tertiary/aromatic N) is 6. The van der Waals surface area contributed by atoms with E-state index in [1.54, 1.807) is 6.33 Å². The minimum atomic E-state index is 0.743. The summed E-state index contributed by atoms with van der Waals surface area (Å²) in [6.45, 7) is 4.85. The standard InChI is InChI=1S/C18H22N6/c1-2-24-18-16(21-22-24)17(19-13-20-18)23-10-8-15(9-11-23)12-14-6-4-3-5-7-14/h3-7,13,15H,2,8-12H2,1H3. The second-order valence-corrected chi connectivity index (χ2v) is 6.39. The second kappa shape index (κ2) is 6.55. The number of aryl methyl sites for hydroxylation is 1. The van der Waals surface area contributed by atoms with Crippen LogP contribution in [-0.4, -0.2) is 38.1 Å². The molecule has 24 heavy (non-hydrogen) atoms. The van der Waals surface area contributed by atoms with Gasteiger partial charge < -0.3 is 4.90 Å². The number of fused-ring (bicyclic) bond motifs is 1. The number of aromatic nitrogens is 5. The van der Waals surface area contributed by atoms with Gasteiger partial charge in [0.15, 0.2) is 17.0 Å². The molecular weight excluding hydrogens is 300 g/mol. The quantitative estimate of drug-likeness (QED) is 0.739. The van der Waals surface area contributed by atoms with Gasteiger partial charge in [0.1, 0.15) is 6.33 Å². The van der Waals surface area contributed by atoms with Gasteiger partial charge in [-0.2, -0.15) is 0 Å². The summed E-state index contributed by atoms with van der Waals surface area (Å²) >= 11 is 0. The molecule has 3 heterocycles. The van der Waals surface area contributed by atoms with Crippen LogP contribution in [0.2, 0.25) is 0 Å². The highest BCUT2D eigenvalue weighted by Crippen LogP contribution is 2.27. The largest absolute Gasteiger partial charge is 0.355 e. The van der Waals surface area contributed by atoms with Crippen LogP contribution in [0.1, 0.15) is 25.3 Å². The lowest BCUT2D eigenvalue weighted by Crippen LogP contribution is -2.35. The fourth-order valence-corrected chi connectivity index (χ4v) is 3.52. The van der Waals surface area contributed by atoms with Gasteiger partial charge in [-0.05, 0) is 37.7 Å². The molecule has 0 atom stereocenters. The van der Waals surface area contributed by atoms with Crippen molar-refractivity contribution in [2.24, 2.45) is 5.92 Å². The SMILES string of the molecule is CCn1nnc2c(N3CCC(Cc4ccccc4)CC3)ncnc21. The van der Waals surface area contributed by atoms with Crippen molar-refractivity contribution in [2.75, 3.05) is 18.0 Å². The Hall–Kier alpha value is -2.50. The number of hydrogen-bond donors (Lipinski definition) is 0. The van der Waals surface area contributed by atoms with Gasteiger partial charge >= 0.3 is 0 Å². The third-order valence-corrected chi connectivity index (χ3v) is 4.86. The van der Waals surface area contributed by atoms with Crippen molar-refractivity contribution < 1.29 is 0 Å².